The summed E-state index contributed by atoms with van der Waals surface area (Å²) in [5, 5.41) is 2.54. The summed E-state index contributed by atoms with van der Waals surface area (Å²) in [6, 6.07) is 12.8. The molecule has 0 saturated heterocycles. The summed E-state index contributed by atoms with van der Waals surface area (Å²) in [6.07, 6.45) is -0.265. The molecule has 1 amide bonds. The minimum absolute atomic E-state index is 0.0531. The number of carbonyl (C=O) groups excluding carboxylic acids is 2. The number of benzene rings is 2. The second kappa shape index (κ2) is 13.1. The summed E-state index contributed by atoms with van der Waals surface area (Å²) in [4.78, 5) is 29.1. The van der Waals surface area contributed by atoms with Crippen molar-refractivity contribution in [2.45, 2.75) is 70.6 Å². The highest BCUT2D eigenvalue weighted by atomic mass is 32.2. The molecule has 2 rings (SSSR count). The number of rotatable bonds is 10. The smallest absolute Gasteiger partial charge is 0.408 e. The SMILES string of the molecule is Cc1ccc(COC(=O)[C@@H](CCCN=C(N)NS(=O)(=O)c2ccc(C)cc2)NC(=O)OC(C)(C)C)cc1. The van der Waals surface area contributed by atoms with E-state index < -0.39 is 33.7 Å². The fraction of sp³-hybridized carbons (Fsp3) is 0.423. The first kappa shape index (κ1) is 29.6. The quantitative estimate of drug-likeness (QED) is 0.184. The number of alkyl carbamates (subject to hydrolysis) is 1. The van der Waals surface area contributed by atoms with Crippen LogP contribution in [0.5, 0.6) is 0 Å². The van der Waals surface area contributed by atoms with Crippen molar-refractivity contribution in [1.29, 1.82) is 0 Å². The molecule has 0 radical (unpaired) electrons. The Morgan fingerprint density at radius 2 is 1.57 bits per heavy atom. The fourth-order valence-electron chi connectivity index (χ4n) is 3.08. The zero-order valence-electron chi connectivity index (χ0n) is 21.9. The zero-order chi connectivity index (χ0) is 27.6. The van der Waals surface area contributed by atoms with Gasteiger partial charge in [0, 0.05) is 6.54 Å². The fourth-order valence-corrected chi connectivity index (χ4v) is 4.03. The molecule has 37 heavy (non-hydrogen) atoms. The van der Waals surface area contributed by atoms with Crippen molar-refractivity contribution in [2.75, 3.05) is 6.54 Å². The van der Waals surface area contributed by atoms with Crippen molar-refractivity contribution >= 4 is 28.0 Å². The average Bonchev–Trinajstić information content (AvgIpc) is 2.79. The summed E-state index contributed by atoms with van der Waals surface area (Å²) >= 11 is 0. The molecule has 0 spiro atoms. The molecule has 10 nitrogen and oxygen atoms in total. The van der Waals surface area contributed by atoms with Crippen molar-refractivity contribution < 1.29 is 27.5 Å². The van der Waals surface area contributed by atoms with Crippen LogP contribution in [0.1, 0.15) is 50.3 Å². The molecule has 202 valence electrons. The largest absolute Gasteiger partial charge is 0.459 e. The second-order valence-corrected chi connectivity index (χ2v) is 11.3. The number of guanidine groups is 1. The number of esters is 1. The standard InChI is InChI=1S/C26H36N4O6S/c1-18-8-12-20(13-9-18)17-35-23(31)22(29-25(32)36-26(3,4)5)7-6-16-28-24(27)30-37(33,34)21-14-10-19(2)11-15-21/h8-15,22H,6-7,16-17H2,1-5H3,(H,29,32)(H3,27,28,30)/t22-/m1/s1. The number of hydrogen-bond acceptors (Lipinski definition) is 7. The third-order valence-electron chi connectivity index (χ3n) is 4.98. The summed E-state index contributed by atoms with van der Waals surface area (Å²) in [7, 11) is -3.87. The first-order chi connectivity index (χ1) is 17.2. The highest BCUT2D eigenvalue weighted by Crippen LogP contribution is 2.11. The van der Waals surface area contributed by atoms with Gasteiger partial charge in [0.25, 0.3) is 10.0 Å². The van der Waals surface area contributed by atoms with E-state index in [1.54, 1.807) is 32.9 Å². The Hall–Kier alpha value is -3.60. The minimum atomic E-state index is -3.87. The Morgan fingerprint density at radius 3 is 2.14 bits per heavy atom. The lowest BCUT2D eigenvalue weighted by Gasteiger charge is -2.23. The van der Waals surface area contributed by atoms with E-state index in [1.165, 1.54) is 12.1 Å². The maximum absolute atomic E-state index is 12.7. The topological polar surface area (TPSA) is 149 Å². The van der Waals surface area contributed by atoms with Gasteiger partial charge in [-0.1, -0.05) is 47.5 Å². The molecule has 2 aromatic rings. The van der Waals surface area contributed by atoms with Gasteiger partial charge in [-0.05, 0) is 65.2 Å². The highest BCUT2D eigenvalue weighted by molar-refractivity contribution is 7.90. The zero-order valence-corrected chi connectivity index (χ0v) is 22.7. The van der Waals surface area contributed by atoms with Gasteiger partial charge in [-0.15, -0.1) is 0 Å². The molecular formula is C26H36N4O6S. The first-order valence-corrected chi connectivity index (χ1v) is 13.3. The second-order valence-electron chi connectivity index (χ2n) is 9.62. The predicted molar refractivity (Wildman–Crippen MR) is 141 cm³/mol. The molecule has 0 bridgehead atoms. The predicted octanol–water partition coefficient (Wildman–Crippen LogP) is 3.31. The minimum Gasteiger partial charge on any atom is -0.459 e. The lowest BCUT2D eigenvalue weighted by Crippen LogP contribution is -2.44. The number of amides is 1. The van der Waals surface area contributed by atoms with Crippen molar-refractivity contribution in [1.82, 2.24) is 10.0 Å². The van der Waals surface area contributed by atoms with E-state index in [0.29, 0.717) is 6.42 Å². The molecule has 11 heteroatoms. The van der Waals surface area contributed by atoms with Crippen LogP contribution in [0.15, 0.2) is 58.4 Å². The molecule has 2 aromatic carbocycles. The van der Waals surface area contributed by atoms with E-state index in [2.05, 4.69) is 15.0 Å². The van der Waals surface area contributed by atoms with Crippen molar-refractivity contribution in [2.24, 2.45) is 10.7 Å². The number of nitrogens with two attached hydrogens (primary N) is 1. The summed E-state index contributed by atoms with van der Waals surface area (Å²) in [5.41, 5.74) is 7.83. The van der Waals surface area contributed by atoms with Crippen molar-refractivity contribution in [3.8, 4) is 0 Å². The Labute approximate surface area is 218 Å². The molecule has 0 aliphatic rings. The van der Waals surface area contributed by atoms with Gasteiger partial charge in [0.2, 0.25) is 5.96 Å². The number of aryl methyl sites for hydroxylation is 2. The Morgan fingerprint density at radius 1 is 1.00 bits per heavy atom. The molecule has 4 N–H and O–H groups in total. The molecule has 0 unspecified atom stereocenters. The van der Waals surface area contributed by atoms with E-state index in [4.69, 9.17) is 15.2 Å². The summed E-state index contributed by atoms with van der Waals surface area (Å²) in [5.74, 6) is -0.900. The van der Waals surface area contributed by atoms with Gasteiger partial charge in [0.05, 0.1) is 4.90 Å². The van der Waals surface area contributed by atoms with Crippen LogP contribution in [0.25, 0.3) is 0 Å². The van der Waals surface area contributed by atoms with Crippen molar-refractivity contribution in [3.05, 3.63) is 65.2 Å². The van der Waals surface area contributed by atoms with Crippen LogP contribution in [0.4, 0.5) is 4.79 Å². The molecule has 0 heterocycles. The van der Waals surface area contributed by atoms with Crippen LogP contribution in [-0.4, -0.2) is 44.6 Å². The number of carbonyl (C=O) groups is 2. The summed E-state index contributed by atoms with van der Waals surface area (Å²) in [6.45, 7) is 9.12. The van der Waals surface area contributed by atoms with Crippen molar-refractivity contribution in [3.63, 3.8) is 0 Å². The number of ether oxygens (including phenoxy) is 2. The third-order valence-corrected chi connectivity index (χ3v) is 6.35. The Bertz CT molecular complexity index is 1190. The van der Waals surface area contributed by atoms with Crippen LogP contribution < -0.4 is 15.8 Å². The molecule has 0 saturated carbocycles. The molecular weight excluding hydrogens is 496 g/mol. The summed E-state index contributed by atoms with van der Waals surface area (Å²) < 4.78 is 37.7. The van der Waals surface area contributed by atoms with E-state index in [1.807, 2.05) is 38.1 Å². The number of aliphatic imine (C=N–C) groups is 1. The van der Waals surface area contributed by atoms with Crippen LogP contribution in [-0.2, 0) is 30.9 Å². The van der Waals surface area contributed by atoms with Gasteiger partial charge in [0.1, 0.15) is 18.2 Å². The number of sulfonamides is 1. The van der Waals surface area contributed by atoms with Gasteiger partial charge in [-0.3, -0.25) is 4.99 Å². The maximum atomic E-state index is 12.7. The molecule has 0 aromatic heterocycles. The van der Waals surface area contributed by atoms with Crippen LogP contribution in [0, 0.1) is 13.8 Å². The molecule has 1 atom stereocenters. The number of hydrogen-bond donors (Lipinski definition) is 3. The van der Waals surface area contributed by atoms with Crippen LogP contribution in [0.2, 0.25) is 0 Å². The Kier molecular flexibility index (Phi) is 10.5. The number of nitrogens with zero attached hydrogens (tertiary/aromatic N) is 1. The van der Waals surface area contributed by atoms with Gasteiger partial charge in [0.15, 0.2) is 0 Å². The van der Waals surface area contributed by atoms with Gasteiger partial charge in [-0.25, -0.2) is 22.7 Å². The number of nitrogens with one attached hydrogen (secondary N) is 2. The lowest BCUT2D eigenvalue weighted by atomic mass is 10.1. The van der Waals surface area contributed by atoms with E-state index in [0.717, 1.165) is 16.7 Å². The molecule has 0 aliphatic carbocycles. The molecule has 0 aliphatic heterocycles. The lowest BCUT2D eigenvalue weighted by molar-refractivity contribution is -0.147. The van der Waals surface area contributed by atoms with E-state index in [9.17, 15) is 18.0 Å². The maximum Gasteiger partial charge on any atom is 0.408 e. The van der Waals surface area contributed by atoms with Crippen LogP contribution >= 0.6 is 0 Å². The highest BCUT2D eigenvalue weighted by Gasteiger charge is 2.25. The van der Waals surface area contributed by atoms with E-state index >= 15 is 0 Å². The van der Waals surface area contributed by atoms with Gasteiger partial charge in [-0.2, -0.15) is 0 Å². The van der Waals surface area contributed by atoms with Gasteiger partial charge >= 0.3 is 12.1 Å². The van der Waals surface area contributed by atoms with Gasteiger partial charge < -0.3 is 20.5 Å². The normalized spacial score (nSPS) is 12.9. The third kappa shape index (κ3) is 10.9. The Balaban J connectivity index is 1.96. The van der Waals surface area contributed by atoms with E-state index in [-0.39, 0.29) is 30.4 Å². The molecule has 0 fully saturated rings. The average molecular weight is 533 g/mol. The monoisotopic (exact) mass is 532 g/mol. The van der Waals surface area contributed by atoms with Crippen LogP contribution in [0.3, 0.4) is 0 Å². The first-order valence-electron chi connectivity index (χ1n) is 11.9.